The molecule has 0 atom stereocenters. The van der Waals surface area contributed by atoms with Crippen molar-refractivity contribution in [3.63, 3.8) is 0 Å². The van der Waals surface area contributed by atoms with Crippen LogP contribution in [0.4, 0.5) is 0 Å². The third-order valence-electron chi connectivity index (χ3n) is 2.43. The monoisotopic (exact) mass is 309 g/mol. The van der Waals surface area contributed by atoms with Crippen molar-refractivity contribution in [3.8, 4) is 11.5 Å². The van der Waals surface area contributed by atoms with Crippen molar-refractivity contribution in [2.24, 2.45) is 5.10 Å². The van der Waals surface area contributed by atoms with Gasteiger partial charge in [-0.15, -0.1) is 5.06 Å². The Hall–Kier alpha value is -2.16. The van der Waals surface area contributed by atoms with Gasteiger partial charge >= 0.3 is 0 Å². The fourth-order valence-corrected chi connectivity index (χ4v) is 1.36. The second-order valence-electron chi connectivity index (χ2n) is 4.66. The lowest BCUT2D eigenvalue weighted by Gasteiger charge is -2.17. The Morgan fingerprint density at radius 2 is 1.91 bits per heavy atom. The SMILES string of the molecule is CC(C)NCN(O)COc1ccc(OCN/N=C\C=N)cc1. The molecule has 1 rings (SSSR count). The van der Waals surface area contributed by atoms with Crippen molar-refractivity contribution in [3.05, 3.63) is 24.3 Å². The molecule has 22 heavy (non-hydrogen) atoms. The van der Waals surface area contributed by atoms with Gasteiger partial charge in [0, 0.05) is 12.3 Å². The summed E-state index contributed by atoms with van der Waals surface area (Å²) in [7, 11) is 0. The van der Waals surface area contributed by atoms with Gasteiger partial charge in [0.1, 0.15) is 11.5 Å². The molecule has 0 unspecified atom stereocenters. The molecule has 0 amide bonds. The van der Waals surface area contributed by atoms with Gasteiger partial charge in [0.2, 0.25) is 0 Å². The number of nitrogens with zero attached hydrogens (tertiary/aromatic N) is 2. The Morgan fingerprint density at radius 1 is 1.27 bits per heavy atom. The quantitative estimate of drug-likeness (QED) is 0.212. The molecule has 1 aromatic carbocycles. The molecule has 8 heteroatoms. The van der Waals surface area contributed by atoms with Crippen molar-refractivity contribution in [2.45, 2.75) is 19.9 Å². The summed E-state index contributed by atoms with van der Waals surface area (Å²) in [6, 6.07) is 7.31. The van der Waals surface area contributed by atoms with Crippen molar-refractivity contribution in [1.29, 1.82) is 5.41 Å². The first kappa shape index (κ1) is 17.9. The molecule has 0 aliphatic rings. The molecule has 0 spiro atoms. The zero-order valence-electron chi connectivity index (χ0n) is 12.8. The maximum absolute atomic E-state index is 9.58. The van der Waals surface area contributed by atoms with Crippen LogP contribution in [-0.4, -0.2) is 48.9 Å². The molecule has 0 saturated heterocycles. The average molecular weight is 309 g/mol. The molecule has 8 nitrogen and oxygen atoms in total. The predicted molar refractivity (Wildman–Crippen MR) is 84.6 cm³/mol. The van der Waals surface area contributed by atoms with Gasteiger partial charge in [-0.3, -0.25) is 5.43 Å². The molecule has 0 aliphatic carbocycles. The maximum Gasteiger partial charge on any atom is 0.173 e. The predicted octanol–water partition coefficient (Wildman–Crippen LogP) is 1.23. The van der Waals surface area contributed by atoms with Gasteiger partial charge in [-0.05, 0) is 38.1 Å². The van der Waals surface area contributed by atoms with Crippen LogP contribution in [0, 0.1) is 5.41 Å². The number of rotatable bonds is 11. The highest BCUT2D eigenvalue weighted by Gasteiger charge is 2.02. The van der Waals surface area contributed by atoms with E-state index >= 15 is 0 Å². The fraction of sp³-hybridized carbons (Fsp3) is 0.429. The number of hydrogen-bond donors (Lipinski definition) is 4. The third-order valence-corrected chi connectivity index (χ3v) is 2.43. The van der Waals surface area contributed by atoms with E-state index in [9.17, 15) is 5.21 Å². The minimum Gasteiger partial charge on any atom is -0.476 e. The first-order valence-corrected chi connectivity index (χ1v) is 6.89. The standard InChI is InChI=1S/C14H23N5O3/c1-12(2)16-9-19(20)11-22-14-5-3-13(4-6-14)21-10-18-17-8-7-15/h3-8,12,15-16,18,20H,9-11H2,1-2H3/b15-7?,17-8-. The molecule has 0 bridgehead atoms. The van der Waals surface area contributed by atoms with E-state index in [0.29, 0.717) is 24.2 Å². The summed E-state index contributed by atoms with van der Waals surface area (Å²) in [5.41, 5.74) is 2.63. The first-order chi connectivity index (χ1) is 10.6. The molecule has 0 radical (unpaired) electrons. The molecule has 0 aromatic heterocycles. The summed E-state index contributed by atoms with van der Waals surface area (Å²) >= 11 is 0. The van der Waals surface area contributed by atoms with Gasteiger partial charge in [-0.25, -0.2) is 0 Å². The van der Waals surface area contributed by atoms with Crippen LogP contribution in [0.25, 0.3) is 0 Å². The largest absolute Gasteiger partial charge is 0.476 e. The number of hydrazone groups is 1. The van der Waals surface area contributed by atoms with Gasteiger partial charge in [-0.2, -0.15) is 5.10 Å². The number of nitrogens with one attached hydrogen (secondary N) is 3. The minimum absolute atomic E-state index is 0.0693. The van der Waals surface area contributed by atoms with Crippen molar-refractivity contribution < 1.29 is 14.7 Å². The van der Waals surface area contributed by atoms with Crippen LogP contribution in [0.5, 0.6) is 11.5 Å². The molecule has 0 fully saturated rings. The molecule has 4 N–H and O–H groups in total. The van der Waals surface area contributed by atoms with E-state index in [1.54, 1.807) is 24.3 Å². The lowest BCUT2D eigenvalue weighted by atomic mass is 10.3. The molecule has 0 aliphatic heterocycles. The molecular weight excluding hydrogens is 286 g/mol. The second kappa shape index (κ2) is 10.6. The lowest BCUT2D eigenvalue weighted by molar-refractivity contribution is -0.140. The topological polar surface area (TPSA) is 102 Å². The zero-order valence-corrected chi connectivity index (χ0v) is 12.8. The highest BCUT2D eigenvalue weighted by molar-refractivity contribution is 6.14. The van der Waals surface area contributed by atoms with Gasteiger partial charge in [-0.1, -0.05) is 0 Å². The van der Waals surface area contributed by atoms with Crippen LogP contribution in [-0.2, 0) is 0 Å². The maximum atomic E-state index is 9.58. The van der Waals surface area contributed by atoms with Gasteiger partial charge in [0.05, 0.1) is 12.9 Å². The third kappa shape index (κ3) is 8.20. The average Bonchev–Trinajstić information content (AvgIpc) is 2.52. The Kier molecular flexibility index (Phi) is 8.58. The van der Waals surface area contributed by atoms with Crippen molar-refractivity contribution >= 4 is 12.4 Å². The molecule has 0 saturated carbocycles. The Labute approximate surface area is 130 Å². The van der Waals surface area contributed by atoms with E-state index in [0.717, 1.165) is 11.3 Å². The summed E-state index contributed by atoms with van der Waals surface area (Å²) in [4.78, 5) is 0. The van der Waals surface area contributed by atoms with Crippen LogP contribution < -0.4 is 20.2 Å². The zero-order chi connectivity index (χ0) is 16.2. The van der Waals surface area contributed by atoms with Crippen LogP contribution in [0.3, 0.4) is 0 Å². The molecule has 122 valence electrons. The minimum atomic E-state index is 0.0693. The first-order valence-electron chi connectivity index (χ1n) is 6.89. The van der Waals surface area contributed by atoms with Crippen LogP contribution >= 0.6 is 0 Å². The summed E-state index contributed by atoms with van der Waals surface area (Å²) in [6.07, 6.45) is 2.38. The number of benzene rings is 1. The number of ether oxygens (including phenoxy) is 2. The highest BCUT2D eigenvalue weighted by atomic mass is 16.6. The number of hydrogen-bond acceptors (Lipinski definition) is 8. The van der Waals surface area contributed by atoms with Gasteiger partial charge in [0.15, 0.2) is 13.5 Å². The van der Waals surface area contributed by atoms with E-state index < -0.39 is 0 Å². The highest BCUT2D eigenvalue weighted by Crippen LogP contribution is 2.17. The van der Waals surface area contributed by atoms with Crippen LogP contribution in [0.2, 0.25) is 0 Å². The lowest BCUT2D eigenvalue weighted by Crippen LogP contribution is -2.37. The summed E-state index contributed by atoms with van der Waals surface area (Å²) in [5, 5.41) is 24.2. The van der Waals surface area contributed by atoms with E-state index in [4.69, 9.17) is 14.9 Å². The van der Waals surface area contributed by atoms with Crippen LogP contribution in [0.1, 0.15) is 13.8 Å². The van der Waals surface area contributed by atoms with Crippen LogP contribution in [0.15, 0.2) is 29.4 Å². The molecule has 1 aromatic rings. The smallest absolute Gasteiger partial charge is 0.173 e. The normalized spacial score (nSPS) is 11.1. The summed E-state index contributed by atoms with van der Waals surface area (Å²) < 4.78 is 10.8. The van der Waals surface area contributed by atoms with Crippen molar-refractivity contribution in [2.75, 3.05) is 20.1 Å². The van der Waals surface area contributed by atoms with Gasteiger partial charge in [0.25, 0.3) is 0 Å². The Bertz CT molecular complexity index is 450. The molecule has 0 heterocycles. The van der Waals surface area contributed by atoms with E-state index in [-0.39, 0.29) is 13.5 Å². The van der Waals surface area contributed by atoms with E-state index in [1.807, 2.05) is 13.8 Å². The summed E-state index contributed by atoms with van der Waals surface area (Å²) in [5.74, 6) is 1.29. The molecular formula is C14H23N5O3. The Balaban J connectivity index is 2.26. The van der Waals surface area contributed by atoms with E-state index in [2.05, 4.69) is 15.8 Å². The van der Waals surface area contributed by atoms with Gasteiger partial charge < -0.3 is 25.4 Å². The van der Waals surface area contributed by atoms with Crippen molar-refractivity contribution in [1.82, 2.24) is 15.8 Å². The second-order valence-corrected chi connectivity index (χ2v) is 4.66. The summed E-state index contributed by atoms with van der Waals surface area (Å²) in [6.45, 7) is 4.61. The fourth-order valence-electron chi connectivity index (χ4n) is 1.36. The number of hydroxylamine groups is 2. The van der Waals surface area contributed by atoms with E-state index in [1.165, 1.54) is 6.21 Å². The Morgan fingerprint density at radius 3 is 2.50 bits per heavy atom.